The summed E-state index contributed by atoms with van der Waals surface area (Å²) in [5.41, 5.74) is 9.73. The Morgan fingerprint density at radius 1 is 1.00 bits per heavy atom. The smallest absolute Gasteiger partial charge is 0.295 e. The van der Waals surface area contributed by atoms with Gasteiger partial charge >= 0.3 is 0 Å². The summed E-state index contributed by atoms with van der Waals surface area (Å²) >= 11 is 0. The van der Waals surface area contributed by atoms with Crippen LogP contribution in [0.1, 0.15) is 21.6 Å². The van der Waals surface area contributed by atoms with Gasteiger partial charge in [0.2, 0.25) is 0 Å². The van der Waals surface area contributed by atoms with Gasteiger partial charge in [0.1, 0.15) is 6.67 Å². The molecule has 12 heteroatoms. The van der Waals surface area contributed by atoms with Crippen LogP contribution in [0.5, 0.6) is 0 Å². The first-order valence-corrected chi connectivity index (χ1v) is 10.7. The summed E-state index contributed by atoms with van der Waals surface area (Å²) < 4.78 is 24.3. The van der Waals surface area contributed by atoms with Gasteiger partial charge in [-0.15, -0.1) is 11.5 Å². The van der Waals surface area contributed by atoms with E-state index in [4.69, 9.17) is 12.0 Å². The molecule has 2 N–H and O–H groups in total. The van der Waals surface area contributed by atoms with Gasteiger partial charge in [-0.05, 0) is 22.6 Å². The van der Waals surface area contributed by atoms with E-state index >= 15 is 0 Å². The van der Waals surface area contributed by atoms with Gasteiger partial charge in [0.05, 0.1) is 26.0 Å². The molecule has 0 saturated carbocycles. The van der Waals surface area contributed by atoms with Crippen molar-refractivity contribution in [1.82, 2.24) is 25.6 Å². The minimum atomic E-state index is -0.565. The molecule has 2 aromatic carbocycles. The van der Waals surface area contributed by atoms with Crippen molar-refractivity contribution in [3.8, 4) is 12.3 Å². The Hall–Kier alpha value is -4.75. The highest BCUT2D eigenvalue weighted by molar-refractivity contribution is 5.92. The Morgan fingerprint density at radius 3 is 2.06 bits per heavy atom. The molecule has 0 spiro atoms. The van der Waals surface area contributed by atoms with Crippen molar-refractivity contribution >= 4 is 11.8 Å². The average molecular weight is 495 g/mol. The fourth-order valence-electron chi connectivity index (χ4n) is 2.38. The quantitative estimate of drug-likeness (QED) is 0.204. The van der Waals surface area contributed by atoms with Crippen LogP contribution in [0, 0.1) is 12.3 Å². The molecule has 1 aromatic heterocycles. The topological polar surface area (TPSA) is 138 Å². The monoisotopic (exact) mass is 494 g/mol. The lowest BCUT2D eigenvalue weighted by Gasteiger charge is -2.02. The zero-order chi connectivity index (χ0) is 26.4. The van der Waals surface area contributed by atoms with Crippen molar-refractivity contribution in [3.05, 3.63) is 94.1 Å². The Bertz CT molecular complexity index is 1130. The second-order valence-electron chi connectivity index (χ2n) is 6.68. The van der Waals surface area contributed by atoms with Crippen LogP contribution in [-0.4, -0.2) is 46.7 Å². The van der Waals surface area contributed by atoms with Crippen LogP contribution < -0.4 is 10.6 Å². The van der Waals surface area contributed by atoms with E-state index in [1.807, 2.05) is 66.6 Å². The Morgan fingerprint density at radius 2 is 1.58 bits per heavy atom. The third kappa shape index (κ3) is 13.1. The molecule has 0 unspecified atom stereocenters. The molecule has 0 fully saturated rings. The predicted octanol–water partition coefficient (Wildman–Crippen LogP) is 3.38. The van der Waals surface area contributed by atoms with E-state index in [0.29, 0.717) is 13.1 Å². The summed E-state index contributed by atoms with van der Waals surface area (Å²) in [5, 5.41) is 15.5. The Labute approximate surface area is 207 Å². The van der Waals surface area contributed by atoms with Gasteiger partial charge in [0, 0.05) is 18.0 Å². The normalized spacial score (nSPS) is 9.14. The number of nitrogens with zero attached hydrogens (tertiary/aromatic N) is 6. The third-order valence-corrected chi connectivity index (χ3v) is 4.06. The van der Waals surface area contributed by atoms with Crippen LogP contribution in [0.2, 0.25) is 0 Å². The molecular formula is C24H26F2N8O2. The number of halogens is 2. The number of carbonyl (C=O) groups excluding carboxylic acids is 2. The number of azide groups is 1. The van der Waals surface area contributed by atoms with Crippen molar-refractivity contribution in [2.24, 2.45) is 5.11 Å². The van der Waals surface area contributed by atoms with Gasteiger partial charge in [0.25, 0.3) is 11.8 Å². The summed E-state index contributed by atoms with van der Waals surface area (Å²) in [4.78, 5) is 24.7. The Balaban J connectivity index is 0.000000310. The number of benzene rings is 2. The fourth-order valence-corrected chi connectivity index (χ4v) is 2.38. The average Bonchev–Trinajstić information content (AvgIpc) is 3.40. The zero-order valence-electron chi connectivity index (χ0n) is 19.4. The molecule has 1 heterocycles. The van der Waals surface area contributed by atoms with Gasteiger partial charge < -0.3 is 10.6 Å². The van der Waals surface area contributed by atoms with E-state index in [1.54, 1.807) is 0 Å². The number of nitrogens with one attached hydrogen (secondary N) is 2. The van der Waals surface area contributed by atoms with Crippen LogP contribution >= 0.6 is 0 Å². The van der Waals surface area contributed by atoms with Crippen LogP contribution in [0.15, 0.2) is 72.0 Å². The van der Waals surface area contributed by atoms with Gasteiger partial charge in [-0.2, -0.15) is 0 Å². The first-order chi connectivity index (χ1) is 17.5. The molecule has 0 atom stereocenters. The van der Waals surface area contributed by atoms with Crippen LogP contribution in [0.3, 0.4) is 0 Å². The maximum absolute atomic E-state index is 12.1. The van der Waals surface area contributed by atoms with Gasteiger partial charge in [-0.25, -0.2) is 9.07 Å². The number of terminal acetylenes is 1. The summed E-state index contributed by atoms with van der Waals surface area (Å²) in [5.74, 6) is 1.29. The molecule has 0 bridgehead atoms. The molecule has 3 rings (SSSR count). The van der Waals surface area contributed by atoms with Gasteiger partial charge in [-0.1, -0.05) is 71.0 Å². The molecule has 0 radical (unpaired) electrons. The van der Waals surface area contributed by atoms with Crippen molar-refractivity contribution in [2.75, 3.05) is 19.9 Å². The Kier molecular flexibility index (Phi) is 15.2. The number of rotatable bonds is 9. The molecular weight excluding hydrogens is 468 g/mol. The number of amides is 2. The molecule has 0 aliphatic heterocycles. The first-order valence-electron chi connectivity index (χ1n) is 10.7. The standard InChI is InChI=1S/C12H13FN4O.C10H9NO.C2H4FN3/c13-6-7-17-9-11(15-16-17)12(18)14-8-10-4-2-1-3-5-10;1-2-10(12)11-8-9-6-4-3-5-7-9;3-1-2-5-6-4/h1-5,9H,6-8H2,(H,14,18);1,3-7H,8H2,(H,11,12);1-2H2/i13-1;;3-1. The number of aryl methyl sites for hydroxylation is 1. The molecule has 36 heavy (non-hydrogen) atoms. The predicted molar refractivity (Wildman–Crippen MR) is 131 cm³/mol. The summed E-state index contributed by atoms with van der Waals surface area (Å²) in [7, 11) is 0. The number of alkyl halides is 2. The van der Waals surface area contributed by atoms with E-state index in [0.717, 1.165) is 11.1 Å². The number of hydrogen-bond donors (Lipinski definition) is 2. The van der Waals surface area contributed by atoms with Crippen LogP contribution in [0.4, 0.5) is 8.78 Å². The van der Waals surface area contributed by atoms with E-state index in [2.05, 4.69) is 31.0 Å². The lowest BCUT2D eigenvalue weighted by Crippen LogP contribution is -2.23. The molecule has 10 nitrogen and oxygen atoms in total. The summed E-state index contributed by atoms with van der Waals surface area (Å²) in [6, 6.07) is 19.2. The second kappa shape index (κ2) is 18.7. The molecule has 0 aliphatic rings. The molecule has 188 valence electrons. The lowest BCUT2D eigenvalue weighted by molar-refractivity contribution is -0.115. The fraction of sp³-hybridized carbons (Fsp3) is 0.250. The number of aromatic nitrogens is 3. The van der Waals surface area contributed by atoms with E-state index < -0.39 is 13.3 Å². The lowest BCUT2D eigenvalue weighted by atomic mass is 10.2. The van der Waals surface area contributed by atoms with Gasteiger partial charge in [0.15, 0.2) is 5.69 Å². The molecule has 0 saturated heterocycles. The zero-order valence-corrected chi connectivity index (χ0v) is 19.4. The summed E-state index contributed by atoms with van der Waals surface area (Å²) in [6.45, 7) is -0.118. The highest BCUT2D eigenvalue weighted by atomic mass is 18.2. The highest BCUT2D eigenvalue weighted by Gasteiger charge is 2.10. The van der Waals surface area contributed by atoms with Crippen molar-refractivity contribution in [1.29, 1.82) is 0 Å². The third-order valence-electron chi connectivity index (χ3n) is 4.06. The molecule has 2 amide bonds. The van der Waals surface area contributed by atoms with Crippen LogP contribution in [0.25, 0.3) is 10.4 Å². The first kappa shape index (κ1) is 29.3. The molecule has 0 aliphatic carbocycles. The van der Waals surface area contributed by atoms with Crippen molar-refractivity contribution in [2.45, 2.75) is 19.6 Å². The minimum Gasteiger partial charge on any atom is -0.347 e. The van der Waals surface area contributed by atoms with Crippen LogP contribution in [-0.2, 0) is 24.4 Å². The van der Waals surface area contributed by atoms with Crippen molar-refractivity contribution < 1.29 is 18.4 Å². The molecule has 3 aromatic rings. The highest BCUT2D eigenvalue weighted by Crippen LogP contribution is 1.99. The maximum atomic E-state index is 12.1. The number of carbonyl (C=O) groups is 2. The summed E-state index contributed by atoms with van der Waals surface area (Å²) in [6.07, 6.45) is 6.30. The SMILES string of the molecule is C#CC(=O)NCc1ccccc1.O=C(NCc1ccccc1)c1cn(CC[18F])nn1.[N-]=[N+]=NCC[18F]. The van der Waals surface area contributed by atoms with Gasteiger partial charge in [-0.3, -0.25) is 14.0 Å². The largest absolute Gasteiger partial charge is 0.347 e. The number of hydrogen-bond acceptors (Lipinski definition) is 5. The minimum absolute atomic E-state index is 0.0451. The van der Waals surface area contributed by atoms with E-state index in [-0.39, 0.29) is 30.6 Å². The van der Waals surface area contributed by atoms with E-state index in [1.165, 1.54) is 10.9 Å². The maximum Gasteiger partial charge on any atom is 0.295 e. The van der Waals surface area contributed by atoms with Crippen molar-refractivity contribution in [3.63, 3.8) is 0 Å². The van der Waals surface area contributed by atoms with E-state index in [9.17, 15) is 18.4 Å². The second-order valence-corrected chi connectivity index (χ2v) is 6.68.